The standard InChI is InChI=1S/C14H32O6P2/c1-5-9-13(10-6-2,11-7-3)14(12-8-4,21(15,16)17)22(18,19)20/h5-12H2,1-4H3,(H2,15,16,17)(H2,18,19,20). The van der Waals surface area contributed by atoms with Gasteiger partial charge in [0.1, 0.15) is 0 Å². The minimum atomic E-state index is -5.02. The van der Waals surface area contributed by atoms with E-state index in [-0.39, 0.29) is 6.42 Å². The molecule has 6 nitrogen and oxygen atoms in total. The predicted molar refractivity (Wildman–Crippen MR) is 88.9 cm³/mol. The molecule has 134 valence electrons. The SMILES string of the molecule is CCCC(CCC)(CCC)C(CCC)(P(=O)(O)O)P(=O)(O)O. The normalized spacial score (nSPS) is 14.4. The second kappa shape index (κ2) is 8.41. The third kappa shape index (κ3) is 4.03. The second-order valence-corrected chi connectivity index (χ2v) is 10.2. The Labute approximate surface area is 134 Å². The van der Waals surface area contributed by atoms with E-state index in [0.717, 1.165) is 0 Å². The molecule has 4 N–H and O–H groups in total. The molecule has 0 aliphatic rings. The zero-order valence-electron chi connectivity index (χ0n) is 14.2. The molecule has 0 bridgehead atoms. The quantitative estimate of drug-likeness (QED) is 0.411. The van der Waals surface area contributed by atoms with Gasteiger partial charge in [-0.2, -0.15) is 0 Å². The van der Waals surface area contributed by atoms with Crippen molar-refractivity contribution in [2.24, 2.45) is 5.41 Å². The van der Waals surface area contributed by atoms with Crippen molar-refractivity contribution < 1.29 is 28.7 Å². The van der Waals surface area contributed by atoms with E-state index >= 15 is 0 Å². The first-order valence-electron chi connectivity index (χ1n) is 8.11. The minimum Gasteiger partial charge on any atom is -0.324 e. The summed E-state index contributed by atoms with van der Waals surface area (Å²) in [6.07, 6.45) is 3.26. The van der Waals surface area contributed by atoms with Gasteiger partial charge < -0.3 is 19.6 Å². The fraction of sp³-hybridized carbons (Fsp3) is 1.00. The molecule has 0 fully saturated rings. The van der Waals surface area contributed by atoms with Crippen LogP contribution in [0.4, 0.5) is 0 Å². The van der Waals surface area contributed by atoms with Crippen LogP contribution in [-0.2, 0) is 9.13 Å². The molecule has 8 heteroatoms. The van der Waals surface area contributed by atoms with Crippen LogP contribution in [0.15, 0.2) is 0 Å². The molecule has 0 heterocycles. The van der Waals surface area contributed by atoms with Crippen LogP contribution in [0.25, 0.3) is 0 Å². The molecule has 0 rings (SSSR count). The summed E-state index contributed by atoms with van der Waals surface area (Å²) in [5.41, 5.74) is -1.04. The Hall–Kier alpha value is 0.300. The highest BCUT2D eigenvalue weighted by Gasteiger charge is 2.69. The van der Waals surface area contributed by atoms with Gasteiger partial charge in [-0.3, -0.25) is 9.13 Å². The van der Waals surface area contributed by atoms with Crippen LogP contribution in [0.1, 0.15) is 79.1 Å². The highest BCUT2D eigenvalue weighted by molar-refractivity contribution is 7.72. The topological polar surface area (TPSA) is 115 Å². The van der Waals surface area contributed by atoms with E-state index < -0.39 is 25.5 Å². The first-order chi connectivity index (χ1) is 9.99. The monoisotopic (exact) mass is 358 g/mol. The fourth-order valence-electron chi connectivity index (χ4n) is 4.10. The first-order valence-corrected chi connectivity index (χ1v) is 11.3. The lowest BCUT2D eigenvalue weighted by Gasteiger charge is -2.51. The molecule has 0 saturated heterocycles. The van der Waals surface area contributed by atoms with E-state index in [4.69, 9.17) is 0 Å². The third-order valence-corrected chi connectivity index (χ3v) is 9.48. The van der Waals surface area contributed by atoms with Crippen LogP contribution in [0.2, 0.25) is 0 Å². The number of rotatable bonds is 11. The lowest BCUT2D eigenvalue weighted by atomic mass is 9.71. The summed E-state index contributed by atoms with van der Waals surface area (Å²) < 4.78 is 24.7. The van der Waals surface area contributed by atoms with Crippen molar-refractivity contribution in [2.75, 3.05) is 0 Å². The van der Waals surface area contributed by atoms with Crippen molar-refractivity contribution >= 4 is 15.2 Å². The van der Waals surface area contributed by atoms with Gasteiger partial charge in [0, 0.05) is 0 Å². The van der Waals surface area contributed by atoms with E-state index in [1.54, 1.807) is 6.92 Å². The molecule has 0 radical (unpaired) electrons. The van der Waals surface area contributed by atoms with Gasteiger partial charge in [0.2, 0.25) is 0 Å². The highest BCUT2D eigenvalue weighted by atomic mass is 31.2. The van der Waals surface area contributed by atoms with E-state index in [0.29, 0.717) is 44.9 Å². The summed E-state index contributed by atoms with van der Waals surface area (Å²) in [4.78, 5) is 37.8. The van der Waals surface area contributed by atoms with Gasteiger partial charge in [-0.25, -0.2) is 0 Å². The summed E-state index contributed by atoms with van der Waals surface area (Å²) in [6, 6.07) is 0. The maximum absolute atomic E-state index is 12.4. The summed E-state index contributed by atoms with van der Waals surface area (Å²) >= 11 is 0. The van der Waals surface area contributed by atoms with Gasteiger partial charge in [-0.15, -0.1) is 0 Å². The zero-order chi connectivity index (χ0) is 17.7. The fourth-order valence-corrected chi connectivity index (χ4v) is 8.40. The van der Waals surface area contributed by atoms with Crippen LogP contribution in [0.5, 0.6) is 0 Å². The van der Waals surface area contributed by atoms with Gasteiger partial charge >= 0.3 is 15.2 Å². The molecular weight excluding hydrogens is 326 g/mol. The molecule has 0 aliphatic carbocycles. The van der Waals surface area contributed by atoms with Crippen LogP contribution in [0, 0.1) is 5.41 Å². The lowest BCUT2D eigenvalue weighted by molar-refractivity contribution is 0.126. The molecule has 0 aromatic rings. The number of hydrogen-bond donors (Lipinski definition) is 4. The zero-order valence-corrected chi connectivity index (χ0v) is 15.9. The molecule has 0 aromatic carbocycles. The first kappa shape index (κ1) is 22.3. The Morgan fingerprint density at radius 2 is 0.909 bits per heavy atom. The van der Waals surface area contributed by atoms with E-state index in [9.17, 15) is 28.7 Å². The summed E-state index contributed by atoms with van der Waals surface area (Å²) in [6.45, 7) is 7.36. The third-order valence-electron chi connectivity index (χ3n) is 4.60. The van der Waals surface area contributed by atoms with Crippen LogP contribution < -0.4 is 0 Å². The van der Waals surface area contributed by atoms with Crippen molar-refractivity contribution in [3.63, 3.8) is 0 Å². The maximum atomic E-state index is 12.4. The Bertz CT molecular complexity index is 386. The van der Waals surface area contributed by atoms with E-state index in [1.165, 1.54) is 0 Å². The van der Waals surface area contributed by atoms with E-state index in [2.05, 4.69) is 0 Å². The smallest absolute Gasteiger partial charge is 0.324 e. The lowest BCUT2D eigenvalue weighted by Crippen LogP contribution is -2.48. The van der Waals surface area contributed by atoms with Gasteiger partial charge in [-0.1, -0.05) is 53.4 Å². The highest BCUT2D eigenvalue weighted by Crippen LogP contribution is 2.79. The van der Waals surface area contributed by atoms with Gasteiger partial charge in [0.05, 0.1) is 0 Å². The average molecular weight is 358 g/mol. The van der Waals surface area contributed by atoms with Crippen molar-refractivity contribution in [1.29, 1.82) is 0 Å². The van der Waals surface area contributed by atoms with Crippen LogP contribution >= 0.6 is 15.2 Å². The molecule has 0 aromatic heterocycles. The molecular formula is C14H32O6P2. The van der Waals surface area contributed by atoms with Crippen molar-refractivity contribution in [3.05, 3.63) is 0 Å². The molecule has 0 amide bonds. The molecule has 0 atom stereocenters. The summed E-state index contributed by atoms with van der Waals surface area (Å²) in [7, 11) is -10.0. The van der Waals surface area contributed by atoms with Crippen LogP contribution in [-0.4, -0.2) is 24.5 Å². The van der Waals surface area contributed by atoms with Crippen molar-refractivity contribution in [2.45, 2.75) is 84.0 Å². The van der Waals surface area contributed by atoms with Gasteiger partial charge in [0.15, 0.2) is 4.90 Å². The van der Waals surface area contributed by atoms with Crippen LogP contribution in [0.3, 0.4) is 0 Å². The average Bonchev–Trinajstić information content (AvgIpc) is 2.33. The maximum Gasteiger partial charge on any atom is 0.344 e. The largest absolute Gasteiger partial charge is 0.344 e. The number of hydrogen-bond acceptors (Lipinski definition) is 2. The van der Waals surface area contributed by atoms with Gasteiger partial charge in [-0.05, 0) is 31.1 Å². The minimum absolute atomic E-state index is 0.165. The second-order valence-electron chi connectivity index (χ2n) is 6.18. The Balaban J connectivity index is 6.62. The summed E-state index contributed by atoms with van der Waals surface area (Å²) in [5, 5.41) is 0. The Kier molecular flexibility index (Phi) is 8.53. The predicted octanol–water partition coefficient (Wildman–Crippen LogP) is 4.22. The molecule has 0 saturated carbocycles. The molecule has 0 aliphatic heterocycles. The van der Waals surface area contributed by atoms with Gasteiger partial charge in [0.25, 0.3) is 0 Å². The molecule has 0 unspecified atom stereocenters. The Morgan fingerprint density at radius 3 is 1.09 bits per heavy atom. The van der Waals surface area contributed by atoms with Crippen molar-refractivity contribution in [3.8, 4) is 0 Å². The Morgan fingerprint density at radius 1 is 0.636 bits per heavy atom. The summed E-state index contributed by atoms with van der Waals surface area (Å²) in [5.74, 6) is 0. The molecule has 22 heavy (non-hydrogen) atoms. The van der Waals surface area contributed by atoms with Crippen molar-refractivity contribution in [1.82, 2.24) is 0 Å². The van der Waals surface area contributed by atoms with E-state index in [1.807, 2.05) is 20.8 Å². The molecule has 0 spiro atoms.